The monoisotopic (exact) mass is 641 g/mol. The van der Waals surface area contributed by atoms with Gasteiger partial charge in [0.05, 0.1) is 0 Å². The van der Waals surface area contributed by atoms with Crippen LogP contribution in [0, 0.1) is 0 Å². The molecule has 5 aromatic rings. The van der Waals surface area contributed by atoms with Crippen LogP contribution in [0.1, 0.15) is 75.5 Å². The molecule has 2 aromatic heterocycles. The quantitative estimate of drug-likeness (QED) is 0.106. The molecule has 39 heavy (non-hydrogen) atoms. The third kappa shape index (κ3) is 2.99. The first-order valence-electron chi connectivity index (χ1n) is 13.2. The normalized spacial score (nSPS) is 18.8. The number of thiophene rings is 1. The molecule has 0 atom stereocenters. The molecule has 3 aliphatic rings. The molecule has 0 amide bonds. The summed E-state index contributed by atoms with van der Waals surface area (Å²) in [6.45, 7) is 9.20. The number of hydrogen-bond donors (Lipinski definition) is 0. The Balaban J connectivity index is 1.32. The Hall–Kier alpha value is -3.23. The van der Waals surface area contributed by atoms with Crippen LogP contribution in [-0.2, 0) is 10.8 Å². The number of benzene rings is 3. The Morgan fingerprint density at radius 2 is 1.44 bits per heavy atom. The van der Waals surface area contributed by atoms with E-state index >= 15 is 0 Å². The molecule has 1 aliphatic carbocycles. The van der Waals surface area contributed by atoms with Gasteiger partial charge in [-0.05, 0) is 0 Å². The van der Waals surface area contributed by atoms with Crippen molar-refractivity contribution in [2.75, 3.05) is 4.90 Å². The van der Waals surface area contributed by atoms with E-state index in [1.165, 1.54) is 42.0 Å². The van der Waals surface area contributed by atoms with Gasteiger partial charge in [-0.1, -0.05) is 44.2 Å². The van der Waals surface area contributed by atoms with Gasteiger partial charge in [-0.25, -0.2) is 0 Å². The molecule has 0 radical (unpaired) electrons. The van der Waals surface area contributed by atoms with Gasteiger partial charge in [0.15, 0.2) is 0 Å². The molecule has 0 saturated carbocycles. The second-order valence-electron chi connectivity index (χ2n) is 11.7. The van der Waals surface area contributed by atoms with Gasteiger partial charge in [0, 0.05) is 5.41 Å². The topological polar surface area (TPSA) is 37.4 Å². The second kappa shape index (κ2) is 7.70. The summed E-state index contributed by atoms with van der Waals surface area (Å²) < 4.78 is 3.45. The van der Waals surface area contributed by atoms with E-state index in [9.17, 15) is 9.59 Å². The number of Topliss-reactive ketones (excluding diaryl/α,β-unsaturated/α-hetero) is 2. The molecular weight excluding hydrogens is 614 g/mol. The number of fused-ring (bicyclic) bond motifs is 6. The number of nitrogens with zero attached hydrogens (tertiary/aromatic N) is 1. The second-order valence-corrected chi connectivity index (χ2v) is 15.5. The zero-order valence-electron chi connectivity index (χ0n) is 22.1. The Morgan fingerprint density at radius 1 is 0.769 bits per heavy atom. The van der Waals surface area contributed by atoms with E-state index in [0.717, 1.165) is 10.3 Å². The number of para-hydroxylation sites is 2. The van der Waals surface area contributed by atoms with Crippen LogP contribution in [0.25, 0.3) is 14.9 Å². The third-order valence-corrected chi connectivity index (χ3v) is 12.5. The molecule has 0 unspecified atom stereocenters. The average Bonchev–Trinajstić information content (AvgIpc) is 3.62. The number of rotatable bonds is 1. The van der Waals surface area contributed by atoms with Crippen molar-refractivity contribution in [2.45, 2.75) is 38.5 Å². The molecule has 5 heteroatoms. The number of ketones is 2. The van der Waals surface area contributed by atoms with Gasteiger partial charge < -0.3 is 0 Å². The molecule has 0 bridgehead atoms. The third-order valence-electron chi connectivity index (χ3n) is 8.89. The minimum absolute atomic E-state index is 0.124. The van der Waals surface area contributed by atoms with E-state index in [-0.39, 0.29) is 28.0 Å². The van der Waals surface area contributed by atoms with Gasteiger partial charge in [-0.2, -0.15) is 0 Å². The maximum absolute atomic E-state index is 13.5. The Kier molecular flexibility index (Phi) is 4.67. The van der Waals surface area contributed by atoms with Crippen molar-refractivity contribution in [2.24, 2.45) is 0 Å². The summed E-state index contributed by atoms with van der Waals surface area (Å²) in [5.41, 5.74) is 8.69. The van der Waals surface area contributed by atoms with Gasteiger partial charge in [0.25, 0.3) is 0 Å². The zero-order chi connectivity index (χ0) is 26.8. The zero-order valence-corrected chi connectivity index (χ0v) is 25.2. The summed E-state index contributed by atoms with van der Waals surface area (Å²) in [6.07, 6.45) is 1.84. The van der Waals surface area contributed by atoms with Crippen molar-refractivity contribution in [3.8, 4) is 0 Å². The fourth-order valence-corrected chi connectivity index (χ4v) is 10.3. The molecule has 0 saturated heterocycles. The number of anilines is 3. The van der Waals surface area contributed by atoms with Gasteiger partial charge in [0.1, 0.15) is 0 Å². The summed E-state index contributed by atoms with van der Waals surface area (Å²) >= 11 is 1.27. The summed E-state index contributed by atoms with van der Waals surface area (Å²) in [5, 5.41) is 2.27. The van der Waals surface area contributed by atoms with Crippen molar-refractivity contribution < 1.29 is 9.59 Å². The molecule has 8 rings (SSSR count). The van der Waals surface area contributed by atoms with Crippen LogP contribution in [0.4, 0.5) is 16.4 Å². The van der Waals surface area contributed by atoms with Crippen molar-refractivity contribution in [3.05, 3.63) is 115 Å². The SMILES string of the molecule is CC1(C)c2ccccc2N2c3sc(/C=C4/C(=O)c5cc6cc[te]c6cc5C4=O)cc3C(C)(C)c3cccc1c32. The molecule has 190 valence electrons. The van der Waals surface area contributed by atoms with Crippen LogP contribution in [0.15, 0.2) is 76.4 Å². The first-order chi connectivity index (χ1) is 18.7. The van der Waals surface area contributed by atoms with Crippen LogP contribution in [0.2, 0.25) is 0 Å². The minimum atomic E-state index is -0.403. The first kappa shape index (κ1) is 23.6. The van der Waals surface area contributed by atoms with Crippen LogP contribution in [0.3, 0.4) is 0 Å². The molecular formula is C34H25NO2STe. The van der Waals surface area contributed by atoms with E-state index in [1.807, 2.05) is 18.2 Å². The number of hydrogen-bond acceptors (Lipinski definition) is 4. The number of carbonyl (C=O) groups is 2. The molecule has 4 heterocycles. The van der Waals surface area contributed by atoms with E-state index < -0.39 is 20.4 Å². The van der Waals surface area contributed by atoms with Crippen LogP contribution < -0.4 is 4.90 Å². The van der Waals surface area contributed by atoms with Crippen molar-refractivity contribution in [1.82, 2.24) is 0 Å². The Labute approximate surface area is 241 Å². The number of carbonyl (C=O) groups excluding carboxylic acids is 2. The van der Waals surface area contributed by atoms with Crippen LogP contribution >= 0.6 is 11.3 Å². The average molecular weight is 639 g/mol. The van der Waals surface area contributed by atoms with Crippen molar-refractivity contribution in [1.29, 1.82) is 0 Å². The molecule has 2 aliphatic heterocycles. The molecule has 0 spiro atoms. The van der Waals surface area contributed by atoms with E-state index in [1.54, 1.807) is 11.3 Å². The Bertz CT molecular complexity index is 1920. The summed E-state index contributed by atoms with van der Waals surface area (Å²) in [6, 6.07) is 23.6. The molecule has 0 N–H and O–H groups in total. The molecule has 3 nitrogen and oxygen atoms in total. The fourth-order valence-electron chi connectivity index (χ4n) is 6.75. The standard InChI is InChI=1S/C34H25NO2STe/c1-33(2)23-8-5-6-11-27(23)35-29-24(33)9-7-10-25(29)34(3,4)26-16-19(38-32(26)35)15-22-30(36)20-14-18-12-13-39-28(18)17-21(20)31(22)37/h5-17H,1-4H3/b22-15-. The summed E-state index contributed by atoms with van der Waals surface area (Å²) in [5.74, 6) is -0.293. The van der Waals surface area contributed by atoms with Gasteiger partial charge in [-0.3, -0.25) is 0 Å². The molecule has 3 aromatic carbocycles. The first-order valence-corrected chi connectivity index (χ1v) is 16.5. The van der Waals surface area contributed by atoms with Gasteiger partial charge in [0.2, 0.25) is 0 Å². The number of allylic oxidation sites excluding steroid dienone is 1. The van der Waals surface area contributed by atoms with Crippen molar-refractivity contribution >= 4 is 74.6 Å². The van der Waals surface area contributed by atoms with E-state index in [4.69, 9.17) is 0 Å². The predicted molar refractivity (Wildman–Crippen MR) is 161 cm³/mol. The van der Waals surface area contributed by atoms with E-state index in [2.05, 4.69) is 91.3 Å². The van der Waals surface area contributed by atoms with Gasteiger partial charge in [-0.15, -0.1) is 0 Å². The van der Waals surface area contributed by atoms with Crippen LogP contribution in [-0.4, -0.2) is 32.0 Å². The summed E-state index contributed by atoms with van der Waals surface area (Å²) in [7, 11) is 0. The predicted octanol–water partition coefficient (Wildman–Crippen LogP) is 8.17. The summed E-state index contributed by atoms with van der Waals surface area (Å²) in [4.78, 5) is 30.3. The van der Waals surface area contributed by atoms with Crippen molar-refractivity contribution in [3.63, 3.8) is 0 Å². The van der Waals surface area contributed by atoms with Crippen LogP contribution in [0.5, 0.6) is 0 Å². The fraction of sp³-hybridized carbons (Fsp3) is 0.176. The van der Waals surface area contributed by atoms with Gasteiger partial charge >= 0.3 is 193 Å². The molecule has 0 fully saturated rings. The Morgan fingerprint density at radius 3 is 2.21 bits per heavy atom. The maximum atomic E-state index is 13.5. The van der Waals surface area contributed by atoms with E-state index in [0.29, 0.717) is 11.1 Å².